The number of sulfonamides is 1. The summed E-state index contributed by atoms with van der Waals surface area (Å²) in [6, 6.07) is 6.91. The number of nitrogens with zero attached hydrogens (tertiary/aromatic N) is 1. The summed E-state index contributed by atoms with van der Waals surface area (Å²) in [5.74, 6) is -3.27. The first-order valence-electron chi connectivity index (χ1n) is 6.31. The monoisotopic (exact) mass is 353 g/mol. The number of hydrogen-bond donors (Lipinski definition) is 2. The Balaban J connectivity index is 0.00000242. The smallest absolute Gasteiger partial charge is 0.273 e. The van der Waals surface area contributed by atoms with E-state index in [0.717, 1.165) is 5.52 Å². The lowest BCUT2D eigenvalue weighted by Gasteiger charge is -2.15. The Morgan fingerprint density at radius 1 is 1.32 bits per heavy atom. The number of benzene rings is 1. The Labute approximate surface area is 133 Å². The minimum absolute atomic E-state index is 0. The molecule has 22 heavy (non-hydrogen) atoms. The number of rotatable bonds is 5. The molecule has 5 nitrogen and oxygen atoms in total. The number of alkyl halides is 2. The molecule has 0 saturated heterocycles. The van der Waals surface area contributed by atoms with Crippen LogP contribution in [-0.4, -0.2) is 32.0 Å². The van der Waals surface area contributed by atoms with Crippen LogP contribution in [0.2, 0.25) is 0 Å². The minimum atomic E-state index is -4.05. The molecule has 0 radical (unpaired) electrons. The minimum Gasteiger partial charge on any atom is -0.347 e. The van der Waals surface area contributed by atoms with Crippen LogP contribution in [0.1, 0.15) is 5.69 Å². The summed E-state index contributed by atoms with van der Waals surface area (Å²) < 4.78 is 54.7. The quantitative estimate of drug-likeness (QED) is 0.860. The predicted molar refractivity (Wildman–Crippen MR) is 84.1 cm³/mol. The number of halogens is 3. The maximum Gasteiger partial charge on any atom is 0.273 e. The van der Waals surface area contributed by atoms with Gasteiger partial charge in [0.05, 0.1) is 13.1 Å². The largest absolute Gasteiger partial charge is 0.347 e. The number of hydrogen-bond acceptors (Lipinski definition) is 3. The standard InChI is InChI=1S/C13H17F2N3O2S.ClH/c1-9-12(10-5-3-4-6-11(10)18(9)2)21(19,20)17-8-13(14,15)7-16;/h3-6,17H,7-8,16H2,1-2H3;1H. The Kier molecular flexibility index (Phi) is 5.56. The van der Waals surface area contributed by atoms with Crippen LogP contribution in [0.15, 0.2) is 29.2 Å². The molecule has 0 unspecified atom stereocenters. The fraction of sp³-hybridized carbons (Fsp3) is 0.385. The zero-order chi connectivity index (χ0) is 15.8. The lowest BCUT2D eigenvalue weighted by Crippen LogP contribution is -2.41. The second-order valence-electron chi connectivity index (χ2n) is 4.88. The van der Waals surface area contributed by atoms with E-state index < -0.39 is 29.0 Å². The van der Waals surface area contributed by atoms with E-state index in [1.54, 1.807) is 42.8 Å². The molecule has 0 spiro atoms. The fourth-order valence-corrected chi connectivity index (χ4v) is 3.70. The van der Waals surface area contributed by atoms with Crippen LogP contribution in [0.4, 0.5) is 8.78 Å². The summed E-state index contributed by atoms with van der Waals surface area (Å²) in [6.07, 6.45) is 0. The number of nitrogens with one attached hydrogen (secondary N) is 1. The number of para-hydroxylation sites is 1. The zero-order valence-corrected chi connectivity index (χ0v) is 13.8. The van der Waals surface area contributed by atoms with Gasteiger partial charge in [-0.25, -0.2) is 21.9 Å². The first-order valence-corrected chi connectivity index (χ1v) is 7.79. The van der Waals surface area contributed by atoms with E-state index in [2.05, 4.69) is 0 Å². The van der Waals surface area contributed by atoms with Crippen LogP contribution >= 0.6 is 12.4 Å². The van der Waals surface area contributed by atoms with Gasteiger partial charge in [-0.05, 0) is 13.0 Å². The van der Waals surface area contributed by atoms with Gasteiger partial charge in [0, 0.05) is 23.6 Å². The Bertz CT molecular complexity index is 775. The Morgan fingerprint density at radius 3 is 2.50 bits per heavy atom. The summed E-state index contributed by atoms with van der Waals surface area (Å²) in [5.41, 5.74) is 6.12. The van der Waals surface area contributed by atoms with Gasteiger partial charge in [0.2, 0.25) is 10.0 Å². The molecule has 1 aromatic heterocycles. The van der Waals surface area contributed by atoms with Gasteiger partial charge >= 0.3 is 0 Å². The summed E-state index contributed by atoms with van der Waals surface area (Å²) in [6.45, 7) is -0.297. The molecule has 0 bridgehead atoms. The highest BCUT2D eigenvalue weighted by molar-refractivity contribution is 7.89. The van der Waals surface area contributed by atoms with E-state index in [1.807, 2.05) is 4.72 Å². The molecule has 3 N–H and O–H groups in total. The van der Waals surface area contributed by atoms with Gasteiger partial charge < -0.3 is 10.3 Å². The molecular formula is C13H18ClF2N3O2S. The van der Waals surface area contributed by atoms with Gasteiger partial charge in [0.1, 0.15) is 4.90 Å². The maximum atomic E-state index is 13.2. The molecular weight excluding hydrogens is 336 g/mol. The topological polar surface area (TPSA) is 77.1 Å². The number of aromatic nitrogens is 1. The van der Waals surface area contributed by atoms with Crippen molar-refractivity contribution >= 4 is 33.3 Å². The van der Waals surface area contributed by atoms with Crippen molar-refractivity contribution in [2.75, 3.05) is 13.1 Å². The molecule has 0 saturated carbocycles. The van der Waals surface area contributed by atoms with Gasteiger partial charge in [-0.15, -0.1) is 12.4 Å². The molecule has 9 heteroatoms. The van der Waals surface area contributed by atoms with Crippen LogP contribution < -0.4 is 10.5 Å². The Morgan fingerprint density at radius 2 is 1.91 bits per heavy atom. The van der Waals surface area contributed by atoms with E-state index in [0.29, 0.717) is 11.1 Å². The predicted octanol–water partition coefficient (Wildman–Crippen LogP) is 1.78. The summed E-state index contributed by atoms with van der Waals surface area (Å²) in [5, 5.41) is 0.501. The highest BCUT2D eigenvalue weighted by Crippen LogP contribution is 2.28. The first kappa shape index (κ1) is 18.8. The summed E-state index contributed by atoms with van der Waals surface area (Å²) >= 11 is 0. The molecule has 0 amide bonds. The van der Waals surface area contributed by atoms with Gasteiger partial charge in [0.15, 0.2) is 0 Å². The van der Waals surface area contributed by atoms with Gasteiger partial charge in [0.25, 0.3) is 5.92 Å². The van der Waals surface area contributed by atoms with Gasteiger partial charge in [-0.2, -0.15) is 0 Å². The second kappa shape index (κ2) is 6.49. The van der Waals surface area contributed by atoms with Crippen molar-refractivity contribution in [1.29, 1.82) is 0 Å². The molecule has 1 aromatic carbocycles. The fourth-order valence-electron chi connectivity index (χ4n) is 2.17. The molecule has 124 valence electrons. The molecule has 0 aliphatic heterocycles. The highest BCUT2D eigenvalue weighted by Gasteiger charge is 2.31. The molecule has 2 aromatic rings. The SMILES string of the molecule is Cc1c(S(=O)(=O)NCC(F)(F)CN)c2ccccc2n1C.Cl. The number of fused-ring (bicyclic) bond motifs is 1. The van der Waals surface area contributed by atoms with Crippen molar-refractivity contribution in [1.82, 2.24) is 9.29 Å². The maximum absolute atomic E-state index is 13.2. The van der Waals surface area contributed by atoms with E-state index in [9.17, 15) is 17.2 Å². The van der Waals surface area contributed by atoms with Crippen molar-refractivity contribution in [2.24, 2.45) is 12.8 Å². The third-order valence-corrected chi connectivity index (χ3v) is 5.01. The third kappa shape index (κ3) is 3.40. The average Bonchev–Trinajstić information content (AvgIpc) is 2.70. The van der Waals surface area contributed by atoms with E-state index in [-0.39, 0.29) is 17.3 Å². The highest BCUT2D eigenvalue weighted by atomic mass is 35.5. The average molecular weight is 354 g/mol. The third-order valence-electron chi connectivity index (χ3n) is 3.43. The summed E-state index contributed by atoms with van der Waals surface area (Å²) in [7, 11) is -2.32. The zero-order valence-electron chi connectivity index (χ0n) is 12.1. The second-order valence-corrected chi connectivity index (χ2v) is 6.58. The van der Waals surface area contributed by atoms with Crippen molar-refractivity contribution in [3.05, 3.63) is 30.0 Å². The van der Waals surface area contributed by atoms with Crippen molar-refractivity contribution in [3.63, 3.8) is 0 Å². The molecule has 0 atom stereocenters. The van der Waals surface area contributed by atoms with Crippen LogP contribution in [-0.2, 0) is 17.1 Å². The van der Waals surface area contributed by atoms with E-state index in [4.69, 9.17) is 5.73 Å². The number of aryl methyl sites for hydroxylation is 1. The molecule has 0 aliphatic rings. The molecule has 2 rings (SSSR count). The lowest BCUT2D eigenvalue weighted by atomic mass is 10.2. The van der Waals surface area contributed by atoms with Crippen LogP contribution in [0.25, 0.3) is 10.9 Å². The van der Waals surface area contributed by atoms with Crippen LogP contribution in [0.5, 0.6) is 0 Å². The van der Waals surface area contributed by atoms with E-state index >= 15 is 0 Å². The van der Waals surface area contributed by atoms with Crippen molar-refractivity contribution < 1.29 is 17.2 Å². The van der Waals surface area contributed by atoms with E-state index in [1.165, 1.54) is 0 Å². The van der Waals surface area contributed by atoms with Crippen molar-refractivity contribution in [2.45, 2.75) is 17.7 Å². The van der Waals surface area contributed by atoms with Crippen LogP contribution in [0.3, 0.4) is 0 Å². The summed E-state index contributed by atoms with van der Waals surface area (Å²) in [4.78, 5) is 0.0217. The Hall–Kier alpha value is -1.22. The normalized spacial score (nSPS) is 12.4. The van der Waals surface area contributed by atoms with Gasteiger partial charge in [-0.3, -0.25) is 0 Å². The number of nitrogens with two attached hydrogens (primary N) is 1. The first-order chi connectivity index (χ1) is 9.69. The lowest BCUT2D eigenvalue weighted by molar-refractivity contribution is 0.0170. The molecule has 0 fully saturated rings. The molecule has 1 heterocycles. The molecule has 0 aliphatic carbocycles. The van der Waals surface area contributed by atoms with Crippen LogP contribution in [0, 0.1) is 6.92 Å². The van der Waals surface area contributed by atoms with Crippen molar-refractivity contribution in [3.8, 4) is 0 Å². The van der Waals surface area contributed by atoms with Gasteiger partial charge in [-0.1, -0.05) is 18.2 Å².